The van der Waals surface area contributed by atoms with Crippen molar-refractivity contribution in [3.05, 3.63) is 102 Å². The first-order valence-electron chi connectivity index (χ1n) is 12.5. The van der Waals surface area contributed by atoms with Gasteiger partial charge in [-0.3, -0.25) is 4.90 Å². The first-order chi connectivity index (χ1) is 18.1. The Balaban J connectivity index is 1.14. The zero-order valence-corrected chi connectivity index (χ0v) is 20.7. The van der Waals surface area contributed by atoms with Crippen LogP contribution in [0.4, 0.5) is 21.6 Å². The molecule has 5 aromatic rings. The van der Waals surface area contributed by atoms with Crippen LogP contribution < -0.4 is 10.2 Å². The van der Waals surface area contributed by atoms with E-state index in [1.54, 1.807) is 10.6 Å². The average Bonchev–Trinajstić information content (AvgIpc) is 3.36. The Morgan fingerprint density at radius 1 is 0.838 bits per heavy atom. The van der Waals surface area contributed by atoms with Crippen LogP contribution in [-0.2, 0) is 6.54 Å². The quantitative estimate of drug-likeness (QED) is 0.346. The Hall–Kier alpha value is -4.30. The maximum absolute atomic E-state index is 14.0. The van der Waals surface area contributed by atoms with Crippen molar-refractivity contribution in [2.75, 3.05) is 36.4 Å². The minimum atomic E-state index is -0.128. The molecular formula is C29H28FN7. The van der Waals surface area contributed by atoms with Gasteiger partial charge in [-0.05, 0) is 37.3 Å². The van der Waals surface area contributed by atoms with Crippen molar-refractivity contribution in [3.8, 4) is 11.4 Å². The van der Waals surface area contributed by atoms with Crippen molar-refractivity contribution >= 4 is 23.0 Å². The number of aromatic nitrogens is 4. The topological polar surface area (TPSA) is 61.6 Å². The second kappa shape index (κ2) is 9.99. The molecule has 2 aromatic heterocycles. The van der Waals surface area contributed by atoms with Crippen LogP contribution in [0.5, 0.6) is 0 Å². The molecule has 0 unspecified atom stereocenters. The predicted molar refractivity (Wildman–Crippen MR) is 145 cm³/mol. The van der Waals surface area contributed by atoms with Crippen LogP contribution in [0.3, 0.4) is 0 Å². The molecule has 6 rings (SSSR count). The largest absolute Gasteiger partial charge is 0.369 e. The van der Waals surface area contributed by atoms with Gasteiger partial charge in [-0.2, -0.15) is 9.50 Å². The molecule has 0 radical (unpaired) electrons. The summed E-state index contributed by atoms with van der Waals surface area (Å²) in [4.78, 5) is 13.9. The number of fused-ring (bicyclic) bond motifs is 1. The van der Waals surface area contributed by atoms with E-state index in [4.69, 9.17) is 5.10 Å². The predicted octanol–water partition coefficient (Wildman–Crippen LogP) is 5.30. The second-order valence-corrected chi connectivity index (χ2v) is 9.32. The summed E-state index contributed by atoms with van der Waals surface area (Å²) >= 11 is 0. The summed E-state index contributed by atoms with van der Waals surface area (Å²) < 4.78 is 15.8. The summed E-state index contributed by atoms with van der Waals surface area (Å²) in [5.74, 6) is 1.89. The number of hydrogen-bond donors (Lipinski definition) is 1. The summed E-state index contributed by atoms with van der Waals surface area (Å²) in [5, 5.41) is 8.18. The van der Waals surface area contributed by atoms with E-state index in [9.17, 15) is 4.39 Å². The highest BCUT2D eigenvalue weighted by Crippen LogP contribution is 2.24. The van der Waals surface area contributed by atoms with Crippen LogP contribution in [0.2, 0.25) is 0 Å². The van der Waals surface area contributed by atoms with Crippen molar-refractivity contribution in [2.24, 2.45) is 0 Å². The van der Waals surface area contributed by atoms with Crippen LogP contribution in [-0.4, -0.2) is 50.7 Å². The third kappa shape index (κ3) is 5.01. The molecule has 0 amide bonds. The van der Waals surface area contributed by atoms with Gasteiger partial charge in [-0.1, -0.05) is 48.5 Å². The fourth-order valence-electron chi connectivity index (χ4n) is 4.72. The molecule has 1 aliphatic heterocycles. The molecule has 7 nitrogen and oxygen atoms in total. The lowest BCUT2D eigenvalue weighted by Crippen LogP contribution is -2.46. The van der Waals surface area contributed by atoms with Crippen LogP contribution in [0.1, 0.15) is 11.3 Å². The molecule has 3 heterocycles. The fraction of sp³-hybridized carbons (Fsp3) is 0.207. The van der Waals surface area contributed by atoms with E-state index in [-0.39, 0.29) is 5.82 Å². The van der Waals surface area contributed by atoms with E-state index in [1.165, 1.54) is 11.8 Å². The highest BCUT2D eigenvalue weighted by atomic mass is 19.1. The van der Waals surface area contributed by atoms with E-state index in [0.717, 1.165) is 54.5 Å². The molecule has 3 aromatic carbocycles. The van der Waals surface area contributed by atoms with Gasteiger partial charge in [0.05, 0.1) is 0 Å². The van der Waals surface area contributed by atoms with E-state index >= 15 is 0 Å². The number of halogens is 1. The number of nitrogens with one attached hydrogen (secondary N) is 1. The van der Waals surface area contributed by atoms with Crippen molar-refractivity contribution in [3.63, 3.8) is 0 Å². The van der Waals surface area contributed by atoms with Gasteiger partial charge in [-0.15, -0.1) is 5.10 Å². The fourth-order valence-corrected chi connectivity index (χ4v) is 4.72. The molecule has 1 N–H and O–H groups in total. The molecule has 0 aliphatic carbocycles. The maximum Gasteiger partial charge on any atom is 0.254 e. The summed E-state index contributed by atoms with van der Waals surface area (Å²) in [6.07, 6.45) is 0. The molecule has 1 aliphatic rings. The lowest BCUT2D eigenvalue weighted by molar-refractivity contribution is 0.246. The third-order valence-electron chi connectivity index (χ3n) is 6.70. The Morgan fingerprint density at radius 3 is 2.32 bits per heavy atom. The summed E-state index contributed by atoms with van der Waals surface area (Å²) in [6.45, 7) is 6.23. The SMILES string of the molecule is Cc1cc(Nc2ccc(N3CCN(Cc4ccccc4F)CC3)cc2)n2nc(-c3ccccc3)nc2n1. The summed E-state index contributed by atoms with van der Waals surface area (Å²) in [5.41, 5.74) is 4.72. The van der Waals surface area contributed by atoms with Crippen molar-refractivity contribution < 1.29 is 4.39 Å². The minimum Gasteiger partial charge on any atom is -0.369 e. The maximum atomic E-state index is 14.0. The molecular weight excluding hydrogens is 465 g/mol. The molecule has 1 fully saturated rings. The Morgan fingerprint density at radius 2 is 1.57 bits per heavy atom. The van der Waals surface area contributed by atoms with Gasteiger partial charge in [0.25, 0.3) is 5.78 Å². The Kier molecular flexibility index (Phi) is 6.24. The highest BCUT2D eigenvalue weighted by Gasteiger charge is 2.18. The number of hydrogen-bond acceptors (Lipinski definition) is 6. The van der Waals surface area contributed by atoms with E-state index in [0.29, 0.717) is 18.1 Å². The first-order valence-corrected chi connectivity index (χ1v) is 12.5. The van der Waals surface area contributed by atoms with Crippen LogP contribution in [0.15, 0.2) is 84.9 Å². The van der Waals surface area contributed by atoms with Crippen molar-refractivity contribution in [1.82, 2.24) is 24.5 Å². The number of rotatable bonds is 6. The molecule has 0 bridgehead atoms. The Labute approximate surface area is 215 Å². The van der Waals surface area contributed by atoms with Gasteiger partial charge >= 0.3 is 0 Å². The molecule has 186 valence electrons. The van der Waals surface area contributed by atoms with E-state index < -0.39 is 0 Å². The van der Waals surface area contributed by atoms with Crippen molar-refractivity contribution in [2.45, 2.75) is 13.5 Å². The zero-order chi connectivity index (χ0) is 25.2. The second-order valence-electron chi connectivity index (χ2n) is 9.32. The summed E-state index contributed by atoms with van der Waals surface area (Å²) in [7, 11) is 0. The number of benzene rings is 3. The van der Waals surface area contributed by atoms with Gasteiger partial charge in [0, 0.05) is 67.0 Å². The van der Waals surface area contributed by atoms with Gasteiger partial charge in [0.1, 0.15) is 11.6 Å². The van der Waals surface area contributed by atoms with Gasteiger partial charge in [0.15, 0.2) is 5.82 Å². The molecule has 1 saturated heterocycles. The zero-order valence-electron chi connectivity index (χ0n) is 20.7. The van der Waals surface area contributed by atoms with Crippen LogP contribution in [0.25, 0.3) is 17.2 Å². The van der Waals surface area contributed by atoms with Crippen LogP contribution in [0, 0.1) is 12.7 Å². The number of piperazine rings is 1. The number of nitrogens with zero attached hydrogens (tertiary/aromatic N) is 6. The summed E-state index contributed by atoms with van der Waals surface area (Å²) in [6, 6.07) is 27.4. The third-order valence-corrected chi connectivity index (χ3v) is 6.70. The van der Waals surface area contributed by atoms with Gasteiger partial charge in [0.2, 0.25) is 0 Å². The average molecular weight is 494 g/mol. The normalized spacial score (nSPS) is 14.3. The number of anilines is 3. The molecule has 0 spiro atoms. The van der Waals surface area contributed by atoms with Crippen LogP contribution >= 0.6 is 0 Å². The standard InChI is InChI=1S/C29H28FN7/c1-21-19-27(37-29(31-21)33-28(34-37)22-7-3-2-4-8-22)32-24-11-13-25(14-12-24)36-17-15-35(16-18-36)20-23-9-5-6-10-26(23)30/h2-14,19,32H,15-18,20H2,1H3. The smallest absolute Gasteiger partial charge is 0.254 e. The lowest BCUT2D eigenvalue weighted by Gasteiger charge is -2.36. The van der Waals surface area contributed by atoms with Gasteiger partial charge in [-0.25, -0.2) is 9.37 Å². The van der Waals surface area contributed by atoms with E-state index in [1.807, 2.05) is 55.5 Å². The molecule has 8 heteroatoms. The van der Waals surface area contributed by atoms with Gasteiger partial charge < -0.3 is 10.2 Å². The van der Waals surface area contributed by atoms with Crippen molar-refractivity contribution in [1.29, 1.82) is 0 Å². The Bertz CT molecular complexity index is 1510. The monoisotopic (exact) mass is 493 g/mol. The first kappa shape index (κ1) is 23.1. The molecule has 37 heavy (non-hydrogen) atoms. The highest BCUT2D eigenvalue weighted by molar-refractivity contribution is 5.64. The number of aryl methyl sites for hydroxylation is 1. The molecule has 0 atom stereocenters. The lowest BCUT2D eigenvalue weighted by atomic mass is 10.1. The molecule has 0 saturated carbocycles. The minimum absolute atomic E-state index is 0.128. The van der Waals surface area contributed by atoms with E-state index in [2.05, 4.69) is 49.4 Å².